The summed E-state index contributed by atoms with van der Waals surface area (Å²) in [6, 6.07) is 5.90. The van der Waals surface area contributed by atoms with Crippen molar-refractivity contribution in [3.63, 3.8) is 0 Å². The number of aliphatic carboxylic acids is 1. The van der Waals surface area contributed by atoms with E-state index in [4.69, 9.17) is 23.2 Å². The molecule has 2 aliphatic heterocycles. The second kappa shape index (κ2) is 9.34. The summed E-state index contributed by atoms with van der Waals surface area (Å²) in [7, 11) is 0. The second-order valence-electron chi connectivity index (χ2n) is 8.26. The van der Waals surface area contributed by atoms with Crippen molar-refractivity contribution < 1.29 is 19.5 Å². The number of carboxylic acids is 1. The van der Waals surface area contributed by atoms with E-state index in [9.17, 15) is 24.8 Å². The van der Waals surface area contributed by atoms with E-state index in [-0.39, 0.29) is 0 Å². The fourth-order valence-electron chi connectivity index (χ4n) is 3.94. The van der Waals surface area contributed by atoms with Crippen LogP contribution in [0.5, 0.6) is 0 Å². The largest absolute Gasteiger partial charge is 0.480 e. The van der Waals surface area contributed by atoms with Gasteiger partial charge in [-0.1, -0.05) is 43.0 Å². The Kier molecular flexibility index (Phi) is 7.30. The summed E-state index contributed by atoms with van der Waals surface area (Å²) in [5.74, 6) is -2.28. The number of β-lactam (4-membered cyclic amide) rings is 1. The average Bonchev–Trinajstić information content (AvgIpc) is 2.99. The van der Waals surface area contributed by atoms with Crippen molar-refractivity contribution in [3.8, 4) is 6.07 Å². The first kappa shape index (κ1) is 25.0. The van der Waals surface area contributed by atoms with E-state index < -0.39 is 44.7 Å². The Morgan fingerprint density at radius 1 is 1.41 bits per heavy atom. The smallest absolute Gasteiger partial charge is 0.327 e. The molecule has 1 aromatic rings. The molecule has 7 nitrogen and oxygen atoms in total. The van der Waals surface area contributed by atoms with Crippen LogP contribution in [0.3, 0.4) is 0 Å². The lowest BCUT2D eigenvalue weighted by atomic mass is 9.85. The van der Waals surface area contributed by atoms with Gasteiger partial charge in [0, 0.05) is 14.7 Å². The molecule has 3 rings (SSSR count). The van der Waals surface area contributed by atoms with Gasteiger partial charge in [0.1, 0.15) is 17.5 Å². The molecule has 4 atom stereocenters. The highest BCUT2D eigenvalue weighted by atomic mass is 35.5. The van der Waals surface area contributed by atoms with Gasteiger partial charge in [-0.3, -0.25) is 9.59 Å². The molecule has 0 bridgehead atoms. The maximum absolute atomic E-state index is 13.3. The van der Waals surface area contributed by atoms with Crippen molar-refractivity contribution >= 4 is 64.5 Å². The van der Waals surface area contributed by atoms with Crippen molar-refractivity contribution in [2.24, 2.45) is 0 Å². The van der Waals surface area contributed by atoms with Gasteiger partial charge in [0.25, 0.3) is 5.91 Å². The standard InChI is InChI=1S/C21H23Cl2N3O4S2/c1-4-5-6-14(31-13-8-7-11(22)9-12(13)23)16(27)25-21(10-24)18(30)26-15(17(28)29)20(2,3)32-19(21)26/h7-9,14-15,19H,4-6H2,1-3H3,(H,25,27)(H,28,29)/t14?,15-,19+,21-/m0/s1. The van der Waals surface area contributed by atoms with Crippen LogP contribution < -0.4 is 5.32 Å². The van der Waals surface area contributed by atoms with Crippen LogP contribution in [0.1, 0.15) is 40.0 Å². The third-order valence-electron chi connectivity index (χ3n) is 5.55. The number of amides is 2. The van der Waals surface area contributed by atoms with E-state index in [1.165, 1.54) is 28.4 Å². The number of unbranched alkanes of at least 4 members (excludes halogenated alkanes) is 1. The number of carbonyl (C=O) groups excluding carboxylic acids is 2. The molecule has 2 aliphatic rings. The third-order valence-corrected chi connectivity index (χ3v) is 9.19. The number of nitrogens with one attached hydrogen (secondary N) is 1. The van der Waals surface area contributed by atoms with Crippen molar-refractivity contribution in [2.75, 3.05) is 0 Å². The van der Waals surface area contributed by atoms with Crippen molar-refractivity contribution in [2.45, 2.75) is 71.9 Å². The third kappa shape index (κ3) is 4.30. The lowest BCUT2D eigenvalue weighted by Gasteiger charge is -2.49. The van der Waals surface area contributed by atoms with Gasteiger partial charge in [0.2, 0.25) is 11.4 Å². The molecule has 0 radical (unpaired) electrons. The number of benzene rings is 1. The summed E-state index contributed by atoms with van der Waals surface area (Å²) in [4.78, 5) is 39.9. The van der Waals surface area contributed by atoms with Gasteiger partial charge in [-0.15, -0.1) is 23.5 Å². The van der Waals surface area contributed by atoms with Gasteiger partial charge >= 0.3 is 5.97 Å². The highest BCUT2D eigenvalue weighted by Crippen LogP contribution is 2.54. The minimum atomic E-state index is -1.79. The molecule has 0 spiro atoms. The number of rotatable bonds is 8. The molecule has 0 saturated carbocycles. The molecule has 2 saturated heterocycles. The molecule has 2 heterocycles. The molecular weight excluding hydrogens is 493 g/mol. The molecule has 1 aromatic carbocycles. The van der Waals surface area contributed by atoms with Gasteiger partial charge in [-0.05, 0) is 38.5 Å². The second-order valence-corrected chi connectivity index (χ2v) is 12.1. The fraction of sp³-hybridized carbons (Fsp3) is 0.524. The number of thioether (sulfide) groups is 2. The lowest BCUT2D eigenvalue weighted by Crippen LogP contribution is -2.79. The number of halogens is 2. The molecule has 2 N–H and O–H groups in total. The van der Waals surface area contributed by atoms with Crippen LogP contribution >= 0.6 is 46.7 Å². The Morgan fingerprint density at radius 2 is 2.09 bits per heavy atom. The Hall–Kier alpha value is -1.60. The van der Waals surface area contributed by atoms with E-state index in [0.717, 1.165) is 12.8 Å². The predicted octanol–water partition coefficient (Wildman–Crippen LogP) is 4.17. The summed E-state index contributed by atoms with van der Waals surface area (Å²) in [5, 5.41) is 21.7. The lowest BCUT2D eigenvalue weighted by molar-refractivity contribution is -0.165. The van der Waals surface area contributed by atoms with E-state index in [0.29, 0.717) is 21.4 Å². The van der Waals surface area contributed by atoms with Gasteiger partial charge < -0.3 is 15.3 Å². The Morgan fingerprint density at radius 3 is 2.66 bits per heavy atom. The summed E-state index contributed by atoms with van der Waals surface area (Å²) >= 11 is 14.7. The number of nitriles is 1. The van der Waals surface area contributed by atoms with Crippen LogP contribution in [0, 0.1) is 11.3 Å². The van der Waals surface area contributed by atoms with Crippen LogP contribution in [-0.2, 0) is 14.4 Å². The number of nitrogens with zero attached hydrogens (tertiary/aromatic N) is 2. The van der Waals surface area contributed by atoms with Crippen molar-refractivity contribution in [1.29, 1.82) is 5.26 Å². The molecule has 0 aliphatic carbocycles. The quantitative estimate of drug-likeness (QED) is 0.394. The SMILES string of the molecule is CCCCC(Sc1ccc(Cl)cc1Cl)C(=O)N[C@@]1(C#N)C(=O)N2[C@@H](C(=O)O)C(C)(C)S[C@@H]21. The van der Waals surface area contributed by atoms with Gasteiger partial charge in [-0.2, -0.15) is 5.26 Å². The average molecular weight is 516 g/mol. The van der Waals surface area contributed by atoms with Crippen LogP contribution in [0.2, 0.25) is 10.0 Å². The monoisotopic (exact) mass is 515 g/mol. The zero-order chi connectivity index (χ0) is 23.8. The highest BCUT2D eigenvalue weighted by molar-refractivity contribution is 8.01. The summed E-state index contributed by atoms with van der Waals surface area (Å²) in [6.45, 7) is 5.44. The first-order valence-electron chi connectivity index (χ1n) is 10.1. The fourth-order valence-corrected chi connectivity index (χ4v) is 7.19. The summed E-state index contributed by atoms with van der Waals surface area (Å²) < 4.78 is -0.803. The molecule has 172 valence electrons. The Balaban J connectivity index is 1.84. The van der Waals surface area contributed by atoms with Gasteiger partial charge in [0.05, 0.1) is 10.3 Å². The Labute approximate surface area is 205 Å². The minimum Gasteiger partial charge on any atom is -0.480 e. The highest BCUT2D eigenvalue weighted by Gasteiger charge is 2.73. The van der Waals surface area contributed by atoms with E-state index >= 15 is 0 Å². The normalized spacial score (nSPS) is 26.6. The molecule has 32 heavy (non-hydrogen) atoms. The van der Waals surface area contributed by atoms with E-state index in [1.54, 1.807) is 32.0 Å². The Bertz CT molecular complexity index is 1000. The number of carbonyl (C=O) groups is 3. The van der Waals surface area contributed by atoms with E-state index in [1.807, 2.05) is 13.0 Å². The van der Waals surface area contributed by atoms with Crippen molar-refractivity contribution in [1.82, 2.24) is 10.2 Å². The number of fused-ring (bicyclic) bond motifs is 1. The topological polar surface area (TPSA) is 111 Å². The molecule has 1 unspecified atom stereocenters. The summed E-state index contributed by atoms with van der Waals surface area (Å²) in [6.07, 6.45) is 2.15. The molecule has 2 amide bonds. The van der Waals surface area contributed by atoms with Crippen LogP contribution in [0.15, 0.2) is 23.1 Å². The molecule has 2 fully saturated rings. The van der Waals surface area contributed by atoms with E-state index in [2.05, 4.69) is 5.32 Å². The first-order chi connectivity index (χ1) is 15.0. The maximum Gasteiger partial charge on any atom is 0.327 e. The van der Waals surface area contributed by atoms with Crippen LogP contribution in [0.4, 0.5) is 0 Å². The maximum atomic E-state index is 13.3. The first-order valence-corrected chi connectivity index (χ1v) is 12.6. The molecule has 11 heteroatoms. The number of hydrogen-bond donors (Lipinski definition) is 2. The molecular formula is C21H23Cl2N3O4S2. The zero-order valence-electron chi connectivity index (χ0n) is 17.7. The minimum absolute atomic E-state index is 0.412. The summed E-state index contributed by atoms with van der Waals surface area (Å²) in [5.41, 5.74) is -1.79. The van der Waals surface area contributed by atoms with Crippen LogP contribution in [0.25, 0.3) is 0 Å². The van der Waals surface area contributed by atoms with Crippen LogP contribution in [-0.4, -0.2) is 54.7 Å². The van der Waals surface area contributed by atoms with Gasteiger partial charge in [-0.25, -0.2) is 4.79 Å². The number of hydrogen-bond acceptors (Lipinski definition) is 6. The predicted molar refractivity (Wildman–Crippen MR) is 126 cm³/mol. The van der Waals surface area contributed by atoms with Gasteiger partial charge in [0.15, 0.2) is 0 Å². The zero-order valence-corrected chi connectivity index (χ0v) is 20.9. The number of carboxylic acid groups (broad SMARTS) is 1. The van der Waals surface area contributed by atoms with Crippen molar-refractivity contribution in [3.05, 3.63) is 28.2 Å². The molecule has 0 aromatic heterocycles.